The molecule has 2 aromatic carbocycles. The van der Waals surface area contributed by atoms with Gasteiger partial charge in [-0.1, -0.05) is 54.6 Å². The fraction of sp³-hybridized carbons (Fsp3) is 0.0588. The minimum Gasteiger partial charge on any atom is -0.379 e. The van der Waals surface area contributed by atoms with Gasteiger partial charge in [0, 0.05) is 10.9 Å². The number of aromatic nitrogens is 1. The zero-order chi connectivity index (χ0) is 13.9. The van der Waals surface area contributed by atoms with Crippen molar-refractivity contribution >= 4 is 16.7 Å². The van der Waals surface area contributed by atoms with Crippen LogP contribution in [0.2, 0.25) is 0 Å². The maximum absolute atomic E-state index is 12.2. The molecule has 0 bridgehead atoms. The van der Waals surface area contributed by atoms with Gasteiger partial charge >= 0.3 is 0 Å². The maximum Gasteiger partial charge on any atom is 0.197 e. The number of rotatable bonds is 3. The highest BCUT2D eigenvalue weighted by atomic mass is 16.3. The standard InChI is InChI=1S/C17H13NO2/c19-16(13-7-2-1-3-8-13)17(20)15-11-10-12-6-4-5-9-14(12)18-15/h1-11,17,20H. The summed E-state index contributed by atoms with van der Waals surface area (Å²) in [5.41, 5.74) is 1.62. The normalized spacial score (nSPS) is 12.2. The lowest BCUT2D eigenvalue weighted by Crippen LogP contribution is -2.13. The fourth-order valence-corrected chi connectivity index (χ4v) is 2.13. The second kappa shape index (κ2) is 5.23. The van der Waals surface area contributed by atoms with E-state index in [-0.39, 0.29) is 5.78 Å². The van der Waals surface area contributed by atoms with Gasteiger partial charge in [0.05, 0.1) is 11.2 Å². The van der Waals surface area contributed by atoms with Gasteiger partial charge in [-0.3, -0.25) is 4.79 Å². The van der Waals surface area contributed by atoms with Crippen molar-refractivity contribution in [2.75, 3.05) is 0 Å². The van der Waals surface area contributed by atoms with Gasteiger partial charge in [-0.15, -0.1) is 0 Å². The Labute approximate surface area is 116 Å². The van der Waals surface area contributed by atoms with Gasteiger partial charge in [-0.25, -0.2) is 4.98 Å². The fourth-order valence-electron chi connectivity index (χ4n) is 2.13. The first-order valence-corrected chi connectivity index (χ1v) is 6.39. The van der Waals surface area contributed by atoms with Crippen LogP contribution in [0.1, 0.15) is 22.2 Å². The number of Topliss-reactive ketones (excluding diaryl/α,β-unsaturated/α-hetero) is 1. The molecule has 3 aromatic rings. The number of fused-ring (bicyclic) bond motifs is 1. The second-order valence-corrected chi connectivity index (χ2v) is 4.56. The van der Waals surface area contributed by atoms with E-state index in [9.17, 15) is 9.90 Å². The Hall–Kier alpha value is -2.52. The predicted octanol–water partition coefficient (Wildman–Crippen LogP) is 3.15. The number of pyridine rings is 1. The molecule has 0 aliphatic carbocycles. The summed E-state index contributed by atoms with van der Waals surface area (Å²) in [6.07, 6.45) is -1.23. The van der Waals surface area contributed by atoms with Crippen molar-refractivity contribution in [1.29, 1.82) is 0 Å². The molecule has 3 rings (SSSR count). The van der Waals surface area contributed by atoms with Gasteiger partial charge in [-0.05, 0) is 12.1 Å². The smallest absolute Gasteiger partial charge is 0.197 e. The summed E-state index contributed by atoms with van der Waals surface area (Å²) in [4.78, 5) is 16.5. The average Bonchev–Trinajstić information content (AvgIpc) is 2.54. The summed E-state index contributed by atoms with van der Waals surface area (Å²) in [6.45, 7) is 0. The summed E-state index contributed by atoms with van der Waals surface area (Å²) in [6, 6.07) is 19.9. The number of ketones is 1. The molecule has 3 heteroatoms. The summed E-state index contributed by atoms with van der Waals surface area (Å²) >= 11 is 0. The first kappa shape index (κ1) is 12.5. The lowest BCUT2D eigenvalue weighted by molar-refractivity contribution is 0.0740. The first-order valence-electron chi connectivity index (χ1n) is 6.39. The summed E-state index contributed by atoms with van der Waals surface area (Å²) in [5, 5.41) is 11.2. The molecule has 0 fully saturated rings. The molecule has 1 aromatic heterocycles. The van der Waals surface area contributed by atoms with Crippen LogP contribution in [-0.4, -0.2) is 15.9 Å². The van der Waals surface area contributed by atoms with Gasteiger partial charge < -0.3 is 5.11 Å². The molecular weight excluding hydrogens is 250 g/mol. The van der Waals surface area contributed by atoms with Crippen LogP contribution in [0.25, 0.3) is 10.9 Å². The van der Waals surface area contributed by atoms with Crippen LogP contribution in [0.5, 0.6) is 0 Å². The highest BCUT2D eigenvalue weighted by molar-refractivity contribution is 5.99. The zero-order valence-corrected chi connectivity index (χ0v) is 10.7. The van der Waals surface area contributed by atoms with Gasteiger partial charge in [0.1, 0.15) is 0 Å². The first-order chi connectivity index (χ1) is 9.75. The highest BCUT2D eigenvalue weighted by Gasteiger charge is 2.20. The number of benzene rings is 2. The van der Waals surface area contributed by atoms with Crippen molar-refractivity contribution in [1.82, 2.24) is 4.98 Å². The monoisotopic (exact) mass is 263 g/mol. The number of carbonyl (C=O) groups is 1. The molecule has 0 amide bonds. The van der Waals surface area contributed by atoms with Gasteiger partial charge in [0.15, 0.2) is 11.9 Å². The van der Waals surface area contributed by atoms with Crippen molar-refractivity contribution in [3.05, 3.63) is 78.0 Å². The van der Waals surface area contributed by atoms with Crippen molar-refractivity contribution in [2.45, 2.75) is 6.10 Å². The Kier molecular flexibility index (Phi) is 3.27. The van der Waals surface area contributed by atoms with E-state index in [1.54, 1.807) is 30.3 Å². The molecular formula is C17H13NO2. The number of carbonyl (C=O) groups excluding carboxylic acids is 1. The Morgan fingerprint density at radius 3 is 2.40 bits per heavy atom. The third-order valence-electron chi connectivity index (χ3n) is 3.21. The molecule has 20 heavy (non-hydrogen) atoms. The zero-order valence-electron chi connectivity index (χ0n) is 10.7. The molecule has 0 spiro atoms. The highest BCUT2D eigenvalue weighted by Crippen LogP contribution is 2.20. The predicted molar refractivity (Wildman–Crippen MR) is 77.5 cm³/mol. The Bertz CT molecular complexity index is 753. The van der Waals surface area contributed by atoms with E-state index >= 15 is 0 Å². The van der Waals surface area contributed by atoms with Crippen molar-refractivity contribution < 1.29 is 9.90 Å². The molecule has 1 N–H and O–H groups in total. The maximum atomic E-state index is 12.2. The molecule has 3 nitrogen and oxygen atoms in total. The van der Waals surface area contributed by atoms with Crippen molar-refractivity contribution in [2.24, 2.45) is 0 Å². The summed E-state index contributed by atoms with van der Waals surface area (Å²) < 4.78 is 0. The van der Waals surface area contributed by atoms with E-state index in [1.807, 2.05) is 36.4 Å². The van der Waals surface area contributed by atoms with E-state index < -0.39 is 6.10 Å². The summed E-state index contributed by atoms with van der Waals surface area (Å²) in [5.74, 6) is -0.339. The van der Waals surface area contributed by atoms with E-state index in [0.29, 0.717) is 11.3 Å². The third-order valence-corrected chi connectivity index (χ3v) is 3.21. The van der Waals surface area contributed by atoms with Crippen LogP contribution in [0.3, 0.4) is 0 Å². The second-order valence-electron chi connectivity index (χ2n) is 4.56. The Morgan fingerprint density at radius 2 is 1.60 bits per heavy atom. The molecule has 1 atom stereocenters. The number of aliphatic hydroxyl groups is 1. The molecule has 0 aliphatic rings. The molecule has 0 saturated heterocycles. The van der Waals surface area contributed by atoms with Crippen LogP contribution >= 0.6 is 0 Å². The lowest BCUT2D eigenvalue weighted by atomic mass is 10.0. The topological polar surface area (TPSA) is 50.2 Å². The van der Waals surface area contributed by atoms with Crippen LogP contribution in [0.4, 0.5) is 0 Å². The third kappa shape index (κ3) is 2.31. The molecule has 0 saturated carbocycles. The van der Waals surface area contributed by atoms with Crippen LogP contribution in [-0.2, 0) is 0 Å². The van der Waals surface area contributed by atoms with Gasteiger partial charge in [0.25, 0.3) is 0 Å². The van der Waals surface area contributed by atoms with Crippen LogP contribution in [0.15, 0.2) is 66.7 Å². The Morgan fingerprint density at radius 1 is 0.900 bits per heavy atom. The number of aliphatic hydroxyl groups excluding tert-OH is 1. The molecule has 0 aliphatic heterocycles. The number of hydrogen-bond donors (Lipinski definition) is 1. The van der Waals surface area contributed by atoms with E-state index in [2.05, 4.69) is 4.98 Å². The molecule has 1 unspecified atom stereocenters. The van der Waals surface area contributed by atoms with Crippen LogP contribution < -0.4 is 0 Å². The SMILES string of the molecule is O=C(c1ccccc1)C(O)c1ccc2ccccc2n1. The number of hydrogen-bond acceptors (Lipinski definition) is 3. The molecule has 98 valence electrons. The van der Waals surface area contributed by atoms with E-state index in [4.69, 9.17) is 0 Å². The van der Waals surface area contributed by atoms with E-state index in [0.717, 1.165) is 10.9 Å². The Balaban J connectivity index is 1.96. The minimum absolute atomic E-state index is 0.339. The molecule has 1 heterocycles. The average molecular weight is 263 g/mol. The largest absolute Gasteiger partial charge is 0.379 e. The summed E-state index contributed by atoms with van der Waals surface area (Å²) in [7, 11) is 0. The minimum atomic E-state index is -1.23. The van der Waals surface area contributed by atoms with Crippen molar-refractivity contribution in [3.63, 3.8) is 0 Å². The van der Waals surface area contributed by atoms with Gasteiger partial charge in [0.2, 0.25) is 0 Å². The lowest BCUT2D eigenvalue weighted by Gasteiger charge is -2.10. The van der Waals surface area contributed by atoms with E-state index in [1.165, 1.54) is 0 Å². The van der Waals surface area contributed by atoms with Crippen LogP contribution in [0, 0.1) is 0 Å². The number of para-hydroxylation sites is 1. The van der Waals surface area contributed by atoms with Gasteiger partial charge in [-0.2, -0.15) is 0 Å². The number of nitrogens with zero attached hydrogens (tertiary/aromatic N) is 1. The quantitative estimate of drug-likeness (QED) is 0.738. The van der Waals surface area contributed by atoms with Crippen molar-refractivity contribution in [3.8, 4) is 0 Å². The molecule has 0 radical (unpaired) electrons.